The van der Waals surface area contributed by atoms with Crippen LogP contribution in [0.4, 0.5) is 0 Å². The maximum Gasteiger partial charge on any atom is 0.249 e. The van der Waals surface area contributed by atoms with Gasteiger partial charge in [0.25, 0.3) is 0 Å². The van der Waals surface area contributed by atoms with Crippen molar-refractivity contribution in [2.75, 3.05) is 0 Å². The van der Waals surface area contributed by atoms with Gasteiger partial charge in [-0.25, -0.2) is 10.0 Å². The van der Waals surface area contributed by atoms with E-state index in [1.165, 1.54) is 5.01 Å². The van der Waals surface area contributed by atoms with Crippen molar-refractivity contribution in [3.8, 4) is 0 Å². The summed E-state index contributed by atoms with van der Waals surface area (Å²) in [6, 6.07) is 41.5. The Morgan fingerprint density at radius 2 is 1.41 bits per heavy atom. The Labute approximate surface area is 285 Å². The Morgan fingerprint density at radius 1 is 0.776 bits per heavy atom. The summed E-state index contributed by atoms with van der Waals surface area (Å²) >= 11 is 0. The van der Waals surface area contributed by atoms with Gasteiger partial charge in [-0.05, 0) is 53.3 Å². The van der Waals surface area contributed by atoms with Crippen LogP contribution in [0.15, 0.2) is 127 Å². The Kier molecular flexibility index (Phi) is 6.63. The molecular formula is C42H37N3O4. The number of rotatable bonds is 5. The van der Waals surface area contributed by atoms with E-state index >= 15 is 4.79 Å². The molecule has 0 spiro atoms. The van der Waals surface area contributed by atoms with Gasteiger partial charge in [0.2, 0.25) is 11.8 Å². The molecular weight excluding hydrogens is 610 g/mol. The van der Waals surface area contributed by atoms with E-state index in [0.717, 1.165) is 33.0 Å². The summed E-state index contributed by atoms with van der Waals surface area (Å²) in [5.41, 5.74) is 1.79. The van der Waals surface area contributed by atoms with Crippen molar-refractivity contribution in [2.24, 2.45) is 5.92 Å². The van der Waals surface area contributed by atoms with Gasteiger partial charge in [-0.2, -0.15) is 5.06 Å². The summed E-state index contributed by atoms with van der Waals surface area (Å²) < 4.78 is 0. The van der Waals surface area contributed by atoms with Gasteiger partial charge in [-0.3, -0.25) is 19.2 Å². The molecule has 4 aliphatic rings. The van der Waals surface area contributed by atoms with Crippen molar-refractivity contribution in [1.82, 2.24) is 15.1 Å². The van der Waals surface area contributed by atoms with Gasteiger partial charge in [-0.1, -0.05) is 127 Å². The average molecular weight is 648 g/mol. The van der Waals surface area contributed by atoms with Gasteiger partial charge in [0, 0.05) is 30.5 Å². The van der Waals surface area contributed by atoms with E-state index in [0.29, 0.717) is 18.5 Å². The van der Waals surface area contributed by atoms with Gasteiger partial charge in [0.05, 0.1) is 11.5 Å². The second-order valence-electron chi connectivity index (χ2n) is 14.5. The van der Waals surface area contributed by atoms with Crippen LogP contribution in [-0.2, 0) is 32.1 Å². The third kappa shape index (κ3) is 4.22. The number of ketones is 1. The summed E-state index contributed by atoms with van der Waals surface area (Å²) in [6.45, 7) is 4.44. The molecule has 4 heterocycles. The number of hydroxylamine groups is 2. The zero-order valence-corrected chi connectivity index (χ0v) is 27.6. The van der Waals surface area contributed by atoms with Crippen molar-refractivity contribution < 1.29 is 19.2 Å². The number of benzene rings is 5. The minimum atomic E-state index is -0.990. The van der Waals surface area contributed by atoms with Gasteiger partial charge in [0.15, 0.2) is 5.78 Å². The molecule has 244 valence electrons. The first-order valence-electron chi connectivity index (χ1n) is 17.1. The maximum atomic E-state index is 15.4. The number of fused-ring (bicyclic) bond motifs is 2. The lowest BCUT2D eigenvalue weighted by molar-refractivity contribution is -0.221. The number of carbonyl (C=O) groups is 3. The molecule has 0 aliphatic carbocycles. The van der Waals surface area contributed by atoms with Crippen molar-refractivity contribution in [3.05, 3.63) is 155 Å². The highest BCUT2D eigenvalue weighted by Gasteiger charge is 2.72. The molecule has 0 aromatic heterocycles. The maximum absolute atomic E-state index is 15.4. The van der Waals surface area contributed by atoms with E-state index in [1.807, 2.05) is 103 Å². The first-order chi connectivity index (χ1) is 23.7. The summed E-state index contributed by atoms with van der Waals surface area (Å²) in [6.07, 6.45) is 0.874. The lowest BCUT2D eigenvalue weighted by Crippen LogP contribution is -2.55. The Bertz CT molecular complexity index is 2100. The highest BCUT2D eigenvalue weighted by atomic mass is 16.7. The summed E-state index contributed by atoms with van der Waals surface area (Å²) in [4.78, 5) is 50.8. The lowest BCUT2D eigenvalue weighted by atomic mass is 9.68. The molecule has 5 aromatic rings. The van der Waals surface area contributed by atoms with Crippen LogP contribution in [0, 0.1) is 5.92 Å². The molecule has 0 unspecified atom stereocenters. The normalized spacial score (nSPS) is 25.5. The first-order valence-corrected chi connectivity index (χ1v) is 17.1. The molecule has 5 aromatic carbocycles. The number of carbonyl (C=O) groups excluding carboxylic acids is 3. The highest BCUT2D eigenvalue weighted by molar-refractivity contribution is 6.06. The molecule has 0 saturated carbocycles. The number of hydrogen-bond donors (Lipinski definition) is 0. The monoisotopic (exact) mass is 647 g/mol. The van der Waals surface area contributed by atoms with Crippen LogP contribution in [0.2, 0.25) is 0 Å². The van der Waals surface area contributed by atoms with Gasteiger partial charge in [-0.15, -0.1) is 0 Å². The van der Waals surface area contributed by atoms with Gasteiger partial charge >= 0.3 is 0 Å². The number of imide groups is 1. The van der Waals surface area contributed by atoms with E-state index in [4.69, 9.17) is 4.84 Å². The van der Waals surface area contributed by atoms with Crippen LogP contribution in [-0.4, -0.2) is 44.3 Å². The third-order valence-corrected chi connectivity index (χ3v) is 11.4. The van der Waals surface area contributed by atoms with Crippen LogP contribution in [0.5, 0.6) is 0 Å². The number of amides is 2. The number of nitrogens with zero attached hydrogens (tertiary/aromatic N) is 3. The molecule has 49 heavy (non-hydrogen) atoms. The van der Waals surface area contributed by atoms with Crippen LogP contribution in [0.25, 0.3) is 10.8 Å². The van der Waals surface area contributed by atoms with Crippen LogP contribution in [0.1, 0.15) is 65.7 Å². The van der Waals surface area contributed by atoms with Crippen molar-refractivity contribution in [1.29, 1.82) is 0 Å². The second-order valence-corrected chi connectivity index (χ2v) is 14.5. The molecule has 3 fully saturated rings. The fourth-order valence-electron chi connectivity index (χ4n) is 9.15. The van der Waals surface area contributed by atoms with E-state index < -0.39 is 28.6 Å². The van der Waals surface area contributed by atoms with Crippen molar-refractivity contribution in [2.45, 2.75) is 62.4 Å². The average Bonchev–Trinajstić information content (AvgIpc) is 3.70. The second kappa shape index (κ2) is 10.8. The van der Waals surface area contributed by atoms with Crippen LogP contribution < -0.4 is 0 Å². The third-order valence-electron chi connectivity index (χ3n) is 11.4. The molecule has 2 amide bonds. The predicted molar refractivity (Wildman–Crippen MR) is 186 cm³/mol. The standard InChI is InChI=1S/C42H37N3O4/c1-40(2)25-37(46)44(43(40)26-29-16-13-15-28-14-9-10-21-32(28)29)39(48)35-24-36-38(47)33-22-11-12-23-34(33)41(35)27-42(49-45(36)41,30-17-5-3-6-18-30)31-19-7-4-8-20-31/h3-23,35-36H,24-27H2,1-2H3/t35-,36-,41-/m1/s1. The molecule has 3 saturated heterocycles. The fraction of sp³-hybridized carbons (Fsp3) is 0.262. The predicted octanol–water partition coefficient (Wildman–Crippen LogP) is 7.16. The summed E-state index contributed by atoms with van der Waals surface area (Å²) in [7, 11) is 0. The topological polar surface area (TPSA) is 70.2 Å². The van der Waals surface area contributed by atoms with E-state index in [9.17, 15) is 9.59 Å². The molecule has 0 radical (unpaired) electrons. The van der Waals surface area contributed by atoms with Crippen molar-refractivity contribution >= 4 is 28.4 Å². The van der Waals surface area contributed by atoms with Gasteiger partial charge in [0.1, 0.15) is 11.6 Å². The smallest absolute Gasteiger partial charge is 0.249 e. The largest absolute Gasteiger partial charge is 0.292 e. The van der Waals surface area contributed by atoms with Gasteiger partial charge < -0.3 is 0 Å². The highest BCUT2D eigenvalue weighted by Crippen LogP contribution is 2.64. The Morgan fingerprint density at radius 3 is 2.14 bits per heavy atom. The molecule has 0 N–H and O–H groups in total. The minimum Gasteiger partial charge on any atom is -0.292 e. The fourth-order valence-corrected chi connectivity index (χ4v) is 9.15. The zero-order valence-electron chi connectivity index (χ0n) is 27.6. The van der Waals surface area contributed by atoms with Crippen molar-refractivity contribution in [3.63, 3.8) is 0 Å². The number of hydrogen-bond acceptors (Lipinski definition) is 6. The molecule has 7 heteroatoms. The molecule has 4 aliphatic heterocycles. The Hall–Kier alpha value is -4.95. The molecule has 9 rings (SSSR count). The summed E-state index contributed by atoms with van der Waals surface area (Å²) in [5, 5.41) is 7.41. The first kappa shape index (κ1) is 30.1. The minimum absolute atomic E-state index is 0.0564. The zero-order chi connectivity index (χ0) is 33.5. The SMILES string of the molecule is CC1(C)CC(=O)N(C(=O)[C@H]2C[C@@H]3C(=O)c4ccccc4[C@]24CC(c2ccccc2)(c2ccccc2)ON34)N1Cc1cccc2ccccc12. The molecule has 2 bridgehead atoms. The van der Waals surface area contributed by atoms with E-state index in [-0.39, 0.29) is 30.4 Å². The molecule has 3 atom stereocenters. The van der Waals surface area contributed by atoms with Crippen LogP contribution in [0.3, 0.4) is 0 Å². The quantitative estimate of drug-likeness (QED) is 0.189. The summed E-state index contributed by atoms with van der Waals surface area (Å²) in [5.74, 6) is -1.28. The van der Waals surface area contributed by atoms with Crippen LogP contribution >= 0.6 is 0 Å². The number of Topliss-reactive ketones (excluding diaryl/α,β-unsaturated/α-hetero) is 1. The Balaban J connectivity index is 1.20. The van der Waals surface area contributed by atoms with E-state index in [1.54, 1.807) is 0 Å². The lowest BCUT2D eigenvalue weighted by Gasteiger charge is -2.42. The molecule has 7 nitrogen and oxygen atoms in total. The number of hydrazine groups is 1. The van der Waals surface area contributed by atoms with E-state index in [2.05, 4.69) is 48.5 Å².